The molecule has 11 heteroatoms. The van der Waals surface area contributed by atoms with Crippen LogP contribution in [0.1, 0.15) is 16.9 Å². The van der Waals surface area contributed by atoms with E-state index >= 15 is 0 Å². The van der Waals surface area contributed by atoms with Gasteiger partial charge in [0.05, 0.1) is 23.8 Å². The molecule has 0 bridgehead atoms. The summed E-state index contributed by atoms with van der Waals surface area (Å²) in [5.41, 5.74) is 0.975. The quantitative estimate of drug-likeness (QED) is 0.472. The molecule has 1 aliphatic heterocycles. The Labute approximate surface area is 183 Å². The molecule has 0 spiro atoms. The van der Waals surface area contributed by atoms with E-state index in [2.05, 4.69) is 15.5 Å². The first-order valence-electron chi connectivity index (χ1n) is 9.45. The number of thiophene rings is 1. The minimum absolute atomic E-state index is 0.0202. The van der Waals surface area contributed by atoms with Crippen molar-refractivity contribution in [2.45, 2.75) is 30.7 Å². The second-order valence-corrected chi connectivity index (χ2v) is 11.3. The van der Waals surface area contributed by atoms with E-state index in [1.54, 1.807) is 20.9 Å². The van der Waals surface area contributed by atoms with Crippen LogP contribution >= 0.6 is 23.1 Å². The number of hydrogen-bond donors (Lipinski definition) is 0. The lowest BCUT2D eigenvalue weighted by Crippen LogP contribution is -2.41. The molecule has 0 aliphatic carbocycles. The van der Waals surface area contributed by atoms with Crippen LogP contribution in [0.2, 0.25) is 0 Å². The third-order valence-corrected chi connectivity index (χ3v) is 8.43. The smallest absolute Gasteiger partial charge is 0.233 e. The van der Waals surface area contributed by atoms with Gasteiger partial charge in [0.2, 0.25) is 11.1 Å². The molecule has 3 heterocycles. The molecule has 2 aromatic heterocycles. The van der Waals surface area contributed by atoms with Crippen LogP contribution in [0.15, 0.2) is 53.0 Å². The Bertz CT molecular complexity index is 1080. The maximum absolute atomic E-state index is 13.1. The maximum Gasteiger partial charge on any atom is 0.233 e. The number of amides is 1. The van der Waals surface area contributed by atoms with Crippen LogP contribution < -0.4 is 0 Å². The van der Waals surface area contributed by atoms with Gasteiger partial charge >= 0.3 is 0 Å². The van der Waals surface area contributed by atoms with E-state index in [1.165, 1.54) is 11.8 Å². The lowest BCUT2D eigenvalue weighted by Gasteiger charge is -2.28. The summed E-state index contributed by atoms with van der Waals surface area (Å²) in [5.74, 6) is 0.180. The second-order valence-electron chi connectivity index (χ2n) is 7.05. The molecule has 1 fully saturated rings. The first-order chi connectivity index (χ1) is 14.5. The Morgan fingerprint density at radius 3 is 2.77 bits per heavy atom. The summed E-state index contributed by atoms with van der Waals surface area (Å²) in [6, 6.07) is 13.3. The Balaban J connectivity index is 1.45. The average Bonchev–Trinajstić information content (AvgIpc) is 3.47. The number of carbonyl (C=O) groups excluding carboxylic acids is 1. The fraction of sp³-hybridized carbons (Fsp3) is 0.368. The highest BCUT2D eigenvalue weighted by Gasteiger charge is 2.34. The molecule has 158 valence electrons. The van der Waals surface area contributed by atoms with Crippen molar-refractivity contribution in [2.24, 2.45) is 0 Å². The third-order valence-electron chi connectivity index (χ3n) is 4.87. The topological polar surface area (TPSA) is 98.1 Å². The molecule has 3 aromatic rings. The van der Waals surface area contributed by atoms with Crippen molar-refractivity contribution < 1.29 is 13.2 Å². The average molecular weight is 464 g/mol. The van der Waals surface area contributed by atoms with E-state index in [0.29, 0.717) is 24.7 Å². The van der Waals surface area contributed by atoms with Crippen LogP contribution in [-0.2, 0) is 27.7 Å². The number of sulfone groups is 1. The Morgan fingerprint density at radius 1 is 1.23 bits per heavy atom. The van der Waals surface area contributed by atoms with Crippen LogP contribution in [0.5, 0.6) is 0 Å². The van der Waals surface area contributed by atoms with Gasteiger partial charge in [-0.3, -0.25) is 4.79 Å². The lowest BCUT2D eigenvalue weighted by molar-refractivity contribution is -0.130. The van der Waals surface area contributed by atoms with Crippen molar-refractivity contribution in [3.63, 3.8) is 0 Å². The van der Waals surface area contributed by atoms with Gasteiger partial charge in [-0.15, -0.1) is 16.4 Å². The Hall–Kier alpha value is -2.24. The standard InChI is InChI=1S/C19H21N5O3S3/c25-18(13-29-19-20-21-22-24(19)12-17-7-4-9-28-17)23(11-15-5-2-1-3-6-15)16-8-10-30(26,27)14-16/h1-7,9,16H,8,10-14H2/t16-/m1/s1. The summed E-state index contributed by atoms with van der Waals surface area (Å²) in [4.78, 5) is 15.9. The summed E-state index contributed by atoms with van der Waals surface area (Å²) < 4.78 is 25.7. The highest BCUT2D eigenvalue weighted by Crippen LogP contribution is 2.23. The van der Waals surface area contributed by atoms with Gasteiger partial charge in [0, 0.05) is 17.5 Å². The van der Waals surface area contributed by atoms with Crippen molar-refractivity contribution in [1.82, 2.24) is 25.1 Å². The zero-order valence-electron chi connectivity index (χ0n) is 16.1. The highest BCUT2D eigenvalue weighted by atomic mass is 32.2. The van der Waals surface area contributed by atoms with Gasteiger partial charge in [-0.05, 0) is 33.9 Å². The maximum atomic E-state index is 13.1. The van der Waals surface area contributed by atoms with E-state index in [0.717, 1.165) is 10.4 Å². The number of nitrogens with zero attached hydrogens (tertiary/aromatic N) is 5. The van der Waals surface area contributed by atoms with Crippen molar-refractivity contribution in [3.8, 4) is 0 Å². The molecule has 1 aromatic carbocycles. The summed E-state index contributed by atoms with van der Waals surface area (Å²) in [5, 5.41) is 14.3. The summed E-state index contributed by atoms with van der Waals surface area (Å²) in [6.07, 6.45) is 0.474. The van der Waals surface area contributed by atoms with E-state index in [-0.39, 0.29) is 29.2 Å². The normalized spacial score (nSPS) is 17.8. The number of benzene rings is 1. The zero-order valence-corrected chi connectivity index (χ0v) is 18.6. The lowest BCUT2D eigenvalue weighted by atomic mass is 10.1. The van der Waals surface area contributed by atoms with Crippen LogP contribution in [0.4, 0.5) is 0 Å². The number of thioether (sulfide) groups is 1. The molecule has 1 amide bonds. The first-order valence-corrected chi connectivity index (χ1v) is 13.1. The molecule has 1 atom stereocenters. The number of hydrogen-bond acceptors (Lipinski definition) is 8. The number of rotatable bonds is 8. The molecule has 0 saturated carbocycles. The second kappa shape index (κ2) is 9.27. The molecule has 1 aliphatic rings. The fourth-order valence-corrected chi connectivity index (χ4v) is 6.56. The van der Waals surface area contributed by atoms with Crippen LogP contribution in [0.3, 0.4) is 0 Å². The van der Waals surface area contributed by atoms with Crippen molar-refractivity contribution in [1.29, 1.82) is 0 Å². The minimum Gasteiger partial charge on any atom is -0.334 e. The minimum atomic E-state index is -3.10. The molecule has 1 saturated heterocycles. The summed E-state index contributed by atoms with van der Waals surface area (Å²) in [7, 11) is -3.10. The molecule has 4 rings (SSSR count). The predicted octanol–water partition coefficient (Wildman–Crippen LogP) is 2.09. The SMILES string of the molecule is O=C(CSc1nnnn1Cc1cccs1)N(Cc1ccccc1)[C@@H]1CCS(=O)(=O)C1. The van der Waals surface area contributed by atoms with Gasteiger partial charge < -0.3 is 4.90 Å². The van der Waals surface area contributed by atoms with Crippen LogP contribution in [0.25, 0.3) is 0 Å². The molecule has 0 N–H and O–H groups in total. The van der Waals surface area contributed by atoms with Gasteiger partial charge in [0.15, 0.2) is 9.84 Å². The number of tetrazole rings is 1. The van der Waals surface area contributed by atoms with Crippen molar-refractivity contribution >= 4 is 38.8 Å². The molecular weight excluding hydrogens is 442 g/mol. The molecular formula is C19H21N5O3S3. The van der Waals surface area contributed by atoms with Gasteiger partial charge in [-0.2, -0.15) is 0 Å². The van der Waals surface area contributed by atoms with Gasteiger partial charge in [-0.25, -0.2) is 13.1 Å². The van der Waals surface area contributed by atoms with Gasteiger partial charge in [-0.1, -0.05) is 48.2 Å². The monoisotopic (exact) mass is 463 g/mol. The molecule has 0 radical (unpaired) electrons. The summed E-state index contributed by atoms with van der Waals surface area (Å²) >= 11 is 2.89. The zero-order chi connectivity index (χ0) is 21.0. The molecule has 0 unspecified atom stereocenters. The fourth-order valence-electron chi connectivity index (χ4n) is 3.38. The Morgan fingerprint density at radius 2 is 2.07 bits per heavy atom. The van der Waals surface area contributed by atoms with E-state index < -0.39 is 9.84 Å². The van der Waals surface area contributed by atoms with Gasteiger partial charge in [0.25, 0.3) is 0 Å². The largest absolute Gasteiger partial charge is 0.334 e. The van der Waals surface area contributed by atoms with E-state index in [9.17, 15) is 13.2 Å². The van der Waals surface area contributed by atoms with Crippen molar-refractivity contribution in [2.75, 3.05) is 17.3 Å². The summed E-state index contributed by atoms with van der Waals surface area (Å²) in [6.45, 7) is 0.941. The van der Waals surface area contributed by atoms with Gasteiger partial charge in [0.1, 0.15) is 0 Å². The molecule has 8 nitrogen and oxygen atoms in total. The Kier molecular flexibility index (Phi) is 6.49. The van der Waals surface area contributed by atoms with E-state index in [4.69, 9.17) is 0 Å². The highest BCUT2D eigenvalue weighted by molar-refractivity contribution is 7.99. The first kappa shape index (κ1) is 21.0. The van der Waals surface area contributed by atoms with Crippen LogP contribution in [-0.4, -0.2) is 62.7 Å². The number of carbonyl (C=O) groups is 1. The number of aromatic nitrogens is 4. The van der Waals surface area contributed by atoms with Crippen LogP contribution in [0, 0.1) is 0 Å². The molecule has 30 heavy (non-hydrogen) atoms. The van der Waals surface area contributed by atoms with E-state index in [1.807, 2.05) is 47.8 Å². The van der Waals surface area contributed by atoms with Crippen molar-refractivity contribution in [3.05, 3.63) is 58.3 Å². The third kappa shape index (κ3) is 5.27. The predicted molar refractivity (Wildman–Crippen MR) is 116 cm³/mol.